The maximum Gasteiger partial charge on any atom is 0.253 e. The molecule has 1 heterocycles. The first-order valence-electron chi connectivity index (χ1n) is 6.37. The number of amides is 1. The summed E-state index contributed by atoms with van der Waals surface area (Å²) in [6.07, 6.45) is 2.63. The van der Waals surface area contributed by atoms with Gasteiger partial charge in [-0.25, -0.2) is 0 Å². The van der Waals surface area contributed by atoms with Crippen molar-refractivity contribution in [1.29, 1.82) is 0 Å². The minimum atomic E-state index is 0.0280. The highest BCUT2D eigenvalue weighted by Gasteiger charge is 2.18. The van der Waals surface area contributed by atoms with Gasteiger partial charge in [-0.05, 0) is 31.4 Å². The van der Waals surface area contributed by atoms with Crippen LogP contribution < -0.4 is 5.73 Å². The Labute approximate surface area is 109 Å². The molecule has 1 rings (SSSR count). The number of nitrogens with zero attached hydrogens (tertiary/aromatic N) is 2. The van der Waals surface area contributed by atoms with E-state index in [0.717, 1.165) is 12.1 Å². The molecule has 1 unspecified atom stereocenters. The highest BCUT2D eigenvalue weighted by atomic mass is 16.2. The Morgan fingerprint density at radius 3 is 2.67 bits per heavy atom. The Morgan fingerprint density at radius 1 is 1.44 bits per heavy atom. The molecule has 2 N–H and O–H groups in total. The van der Waals surface area contributed by atoms with Crippen molar-refractivity contribution in [2.24, 2.45) is 11.7 Å². The van der Waals surface area contributed by atoms with Crippen LogP contribution in [0.15, 0.2) is 18.3 Å². The Bertz CT molecular complexity index is 404. The van der Waals surface area contributed by atoms with Crippen LogP contribution in [0.25, 0.3) is 0 Å². The molecular formula is C14H23N3O. The van der Waals surface area contributed by atoms with Crippen LogP contribution in [-0.2, 0) is 6.54 Å². The van der Waals surface area contributed by atoms with Crippen molar-refractivity contribution in [2.75, 3.05) is 7.05 Å². The molecule has 0 bridgehead atoms. The summed E-state index contributed by atoms with van der Waals surface area (Å²) < 4.78 is 0. The monoisotopic (exact) mass is 249 g/mol. The number of pyridine rings is 1. The van der Waals surface area contributed by atoms with Crippen molar-refractivity contribution in [3.8, 4) is 0 Å². The molecule has 1 atom stereocenters. The summed E-state index contributed by atoms with van der Waals surface area (Å²) >= 11 is 0. The lowest BCUT2D eigenvalue weighted by Crippen LogP contribution is -2.36. The molecule has 4 heteroatoms. The molecule has 0 aromatic carbocycles. The standard InChI is InChI=1S/C14H23N3O/c1-10(2)7-11(3)17(4)14(18)12-5-6-16-13(8-12)9-15/h5-6,8,10-11H,7,9,15H2,1-4H3. The largest absolute Gasteiger partial charge is 0.339 e. The van der Waals surface area contributed by atoms with Crippen molar-refractivity contribution in [2.45, 2.75) is 39.8 Å². The maximum atomic E-state index is 12.3. The predicted octanol–water partition coefficient (Wildman–Crippen LogP) is 2.05. The zero-order chi connectivity index (χ0) is 13.7. The van der Waals surface area contributed by atoms with Gasteiger partial charge < -0.3 is 10.6 Å². The third-order valence-electron chi connectivity index (χ3n) is 3.07. The van der Waals surface area contributed by atoms with E-state index in [1.807, 2.05) is 7.05 Å². The minimum Gasteiger partial charge on any atom is -0.339 e. The topological polar surface area (TPSA) is 59.2 Å². The lowest BCUT2D eigenvalue weighted by atomic mass is 10.0. The summed E-state index contributed by atoms with van der Waals surface area (Å²) in [6, 6.07) is 3.73. The van der Waals surface area contributed by atoms with Crippen molar-refractivity contribution in [3.63, 3.8) is 0 Å². The van der Waals surface area contributed by atoms with Gasteiger partial charge in [0.15, 0.2) is 0 Å². The fourth-order valence-electron chi connectivity index (χ4n) is 1.97. The van der Waals surface area contributed by atoms with Crippen LogP contribution in [0, 0.1) is 5.92 Å². The van der Waals surface area contributed by atoms with Gasteiger partial charge in [0.1, 0.15) is 0 Å². The van der Waals surface area contributed by atoms with Crippen LogP contribution in [0.4, 0.5) is 0 Å². The summed E-state index contributed by atoms with van der Waals surface area (Å²) in [6.45, 7) is 6.75. The van der Waals surface area contributed by atoms with Gasteiger partial charge in [0.2, 0.25) is 0 Å². The van der Waals surface area contributed by atoms with Crippen molar-refractivity contribution in [3.05, 3.63) is 29.6 Å². The molecule has 18 heavy (non-hydrogen) atoms. The fraction of sp³-hybridized carbons (Fsp3) is 0.571. The molecular weight excluding hydrogens is 226 g/mol. The highest BCUT2D eigenvalue weighted by Crippen LogP contribution is 2.13. The van der Waals surface area contributed by atoms with Crippen LogP contribution >= 0.6 is 0 Å². The molecule has 0 fully saturated rings. The number of aromatic nitrogens is 1. The number of carbonyl (C=O) groups excluding carboxylic acids is 1. The molecule has 0 spiro atoms. The molecule has 1 aromatic rings. The van der Waals surface area contributed by atoms with E-state index < -0.39 is 0 Å². The van der Waals surface area contributed by atoms with E-state index in [0.29, 0.717) is 18.0 Å². The maximum absolute atomic E-state index is 12.3. The van der Waals surface area contributed by atoms with Crippen LogP contribution in [0.2, 0.25) is 0 Å². The van der Waals surface area contributed by atoms with Crippen LogP contribution in [-0.4, -0.2) is 28.9 Å². The first-order valence-corrected chi connectivity index (χ1v) is 6.37. The average molecular weight is 249 g/mol. The van der Waals surface area contributed by atoms with E-state index in [9.17, 15) is 4.79 Å². The first-order chi connectivity index (χ1) is 8.45. The number of hydrogen-bond donors (Lipinski definition) is 1. The molecule has 1 amide bonds. The molecule has 0 radical (unpaired) electrons. The SMILES string of the molecule is CC(C)CC(C)N(C)C(=O)c1ccnc(CN)c1. The number of hydrogen-bond acceptors (Lipinski definition) is 3. The van der Waals surface area contributed by atoms with Crippen LogP contribution in [0.3, 0.4) is 0 Å². The Morgan fingerprint density at radius 2 is 2.11 bits per heavy atom. The number of carbonyl (C=O) groups is 1. The summed E-state index contributed by atoms with van der Waals surface area (Å²) in [5.74, 6) is 0.604. The van der Waals surface area contributed by atoms with Crippen LogP contribution in [0.1, 0.15) is 43.2 Å². The number of rotatable bonds is 5. The van der Waals surface area contributed by atoms with Gasteiger partial charge in [-0.2, -0.15) is 0 Å². The first kappa shape index (κ1) is 14.6. The molecule has 0 aliphatic carbocycles. The van der Waals surface area contributed by atoms with E-state index in [4.69, 9.17) is 5.73 Å². The van der Waals surface area contributed by atoms with Gasteiger partial charge in [0, 0.05) is 31.4 Å². The van der Waals surface area contributed by atoms with Crippen molar-refractivity contribution >= 4 is 5.91 Å². The zero-order valence-corrected chi connectivity index (χ0v) is 11.7. The van der Waals surface area contributed by atoms with Gasteiger partial charge in [-0.15, -0.1) is 0 Å². The van der Waals surface area contributed by atoms with E-state index >= 15 is 0 Å². The van der Waals surface area contributed by atoms with Gasteiger partial charge in [0.25, 0.3) is 5.91 Å². The van der Waals surface area contributed by atoms with Crippen molar-refractivity contribution < 1.29 is 4.79 Å². The van der Waals surface area contributed by atoms with Gasteiger partial charge in [0.05, 0.1) is 5.69 Å². The van der Waals surface area contributed by atoms with E-state index in [-0.39, 0.29) is 11.9 Å². The Hall–Kier alpha value is -1.42. The second kappa shape index (κ2) is 6.50. The normalized spacial score (nSPS) is 12.6. The Kier molecular flexibility index (Phi) is 5.28. The average Bonchev–Trinajstić information content (AvgIpc) is 2.36. The molecule has 4 nitrogen and oxygen atoms in total. The smallest absolute Gasteiger partial charge is 0.253 e. The second-order valence-corrected chi connectivity index (χ2v) is 5.13. The van der Waals surface area contributed by atoms with E-state index in [1.54, 1.807) is 23.2 Å². The highest BCUT2D eigenvalue weighted by molar-refractivity contribution is 5.94. The lowest BCUT2D eigenvalue weighted by Gasteiger charge is -2.26. The molecule has 0 saturated heterocycles. The van der Waals surface area contributed by atoms with E-state index in [1.165, 1.54) is 0 Å². The summed E-state index contributed by atoms with van der Waals surface area (Å²) in [4.78, 5) is 18.2. The van der Waals surface area contributed by atoms with Crippen LogP contribution in [0.5, 0.6) is 0 Å². The predicted molar refractivity (Wildman–Crippen MR) is 73.1 cm³/mol. The third-order valence-corrected chi connectivity index (χ3v) is 3.07. The number of nitrogens with two attached hydrogens (primary N) is 1. The van der Waals surface area contributed by atoms with E-state index in [2.05, 4.69) is 25.8 Å². The summed E-state index contributed by atoms with van der Waals surface area (Å²) in [5, 5.41) is 0. The minimum absolute atomic E-state index is 0.0280. The molecule has 0 saturated carbocycles. The zero-order valence-electron chi connectivity index (χ0n) is 11.7. The summed E-state index contributed by atoms with van der Waals surface area (Å²) in [7, 11) is 1.85. The second-order valence-electron chi connectivity index (χ2n) is 5.13. The van der Waals surface area contributed by atoms with Gasteiger partial charge in [-0.3, -0.25) is 9.78 Å². The Balaban J connectivity index is 2.79. The third kappa shape index (κ3) is 3.81. The quantitative estimate of drug-likeness (QED) is 0.868. The lowest BCUT2D eigenvalue weighted by molar-refractivity contribution is 0.0728. The fourth-order valence-corrected chi connectivity index (χ4v) is 1.97. The molecule has 100 valence electrons. The molecule has 0 aliphatic heterocycles. The van der Waals surface area contributed by atoms with Crippen molar-refractivity contribution in [1.82, 2.24) is 9.88 Å². The molecule has 1 aromatic heterocycles. The summed E-state index contributed by atoms with van der Waals surface area (Å²) in [5.41, 5.74) is 6.93. The van der Waals surface area contributed by atoms with Gasteiger partial charge >= 0.3 is 0 Å². The molecule has 0 aliphatic rings. The van der Waals surface area contributed by atoms with Gasteiger partial charge in [-0.1, -0.05) is 13.8 Å².